The number of rotatable bonds is 6. The number of halogens is 1. The Morgan fingerprint density at radius 2 is 1.59 bits per heavy atom. The summed E-state index contributed by atoms with van der Waals surface area (Å²) >= 11 is -2.19. The maximum Gasteiger partial charge on any atom is 0.279 e. The van der Waals surface area contributed by atoms with E-state index in [1.807, 2.05) is 30.3 Å². The van der Waals surface area contributed by atoms with Crippen molar-refractivity contribution in [2.45, 2.75) is 5.75 Å². The maximum atomic E-state index is 13.5. The molecule has 0 aliphatic carbocycles. The lowest BCUT2D eigenvalue weighted by Gasteiger charge is -2.12. The summed E-state index contributed by atoms with van der Waals surface area (Å²) < 4.78 is 36.6. The predicted molar refractivity (Wildman–Crippen MR) is 124 cm³/mol. The fraction of sp³-hybridized carbons (Fsp3) is 0.0400. The molecule has 4 rings (SSSR count). The maximum absolute atomic E-state index is 13.5. The number of benzene rings is 3. The molecule has 7 heteroatoms. The van der Waals surface area contributed by atoms with Gasteiger partial charge in [0.1, 0.15) is 5.82 Å². The molecule has 5 nitrogen and oxygen atoms in total. The summed E-state index contributed by atoms with van der Waals surface area (Å²) in [6.45, 7) is 0. The number of hydrogen-bond acceptors (Lipinski definition) is 4. The van der Waals surface area contributed by atoms with Crippen LogP contribution in [0.1, 0.15) is 11.1 Å². The zero-order valence-electron chi connectivity index (χ0n) is 16.9. The van der Waals surface area contributed by atoms with E-state index in [0.29, 0.717) is 27.8 Å². The zero-order chi connectivity index (χ0) is 22.5. The fourth-order valence-electron chi connectivity index (χ4n) is 3.32. The van der Waals surface area contributed by atoms with Crippen LogP contribution in [0.5, 0.6) is 0 Å². The summed E-state index contributed by atoms with van der Waals surface area (Å²) in [5, 5.41) is 4.29. The smallest absolute Gasteiger partial charge is 0.279 e. The van der Waals surface area contributed by atoms with Crippen LogP contribution in [0.2, 0.25) is 0 Å². The first kappa shape index (κ1) is 21.5. The molecule has 0 aliphatic heterocycles. The number of aromatic nitrogens is 2. The second-order valence-electron chi connectivity index (χ2n) is 7.06. The van der Waals surface area contributed by atoms with E-state index in [1.54, 1.807) is 54.9 Å². The van der Waals surface area contributed by atoms with Crippen LogP contribution in [0, 0.1) is 5.82 Å². The molecule has 160 valence electrons. The number of nitrogens with zero attached hydrogens (tertiary/aromatic N) is 2. The highest BCUT2D eigenvalue weighted by Crippen LogP contribution is 2.29. The lowest BCUT2D eigenvalue weighted by Crippen LogP contribution is -2.21. The average molecular weight is 445 g/mol. The molecule has 0 saturated carbocycles. The van der Waals surface area contributed by atoms with Crippen molar-refractivity contribution >= 4 is 23.4 Å². The Morgan fingerprint density at radius 3 is 2.25 bits per heavy atom. The summed E-state index contributed by atoms with van der Waals surface area (Å²) in [5.74, 6) is -0.487. The van der Waals surface area contributed by atoms with E-state index in [2.05, 4.69) is 5.10 Å². The minimum Gasteiger partial charge on any atom is -0.772 e. The fourth-order valence-corrected chi connectivity index (χ4v) is 3.79. The Bertz CT molecular complexity index is 1330. The highest BCUT2D eigenvalue weighted by atomic mass is 32.2. The Hall–Kier alpha value is -3.68. The minimum atomic E-state index is -2.19. The van der Waals surface area contributed by atoms with Crippen LogP contribution in [0.4, 0.5) is 4.39 Å². The van der Waals surface area contributed by atoms with E-state index in [-0.39, 0.29) is 11.3 Å². The molecular weight excluding hydrogens is 427 g/mol. The van der Waals surface area contributed by atoms with Crippen LogP contribution < -0.4 is 5.56 Å². The summed E-state index contributed by atoms with van der Waals surface area (Å²) in [6, 6.07) is 22.1. The van der Waals surface area contributed by atoms with Crippen molar-refractivity contribution < 1.29 is 13.2 Å². The molecule has 0 spiro atoms. The van der Waals surface area contributed by atoms with Crippen molar-refractivity contribution in [3.63, 3.8) is 0 Å². The molecular formula is C25H18FN2O3S-. The van der Waals surface area contributed by atoms with Crippen molar-refractivity contribution in [3.05, 3.63) is 112 Å². The van der Waals surface area contributed by atoms with E-state index in [9.17, 15) is 17.9 Å². The molecule has 0 aliphatic rings. The van der Waals surface area contributed by atoms with Gasteiger partial charge in [-0.05, 0) is 40.5 Å². The second kappa shape index (κ2) is 9.64. The topological polar surface area (TPSA) is 75.0 Å². The van der Waals surface area contributed by atoms with Crippen molar-refractivity contribution in [1.82, 2.24) is 9.78 Å². The van der Waals surface area contributed by atoms with Gasteiger partial charge in [-0.2, -0.15) is 5.10 Å². The highest BCUT2D eigenvalue weighted by molar-refractivity contribution is 7.78. The third-order valence-electron chi connectivity index (χ3n) is 4.89. The Kier molecular flexibility index (Phi) is 6.49. The lowest BCUT2D eigenvalue weighted by molar-refractivity contribution is 0.536. The highest BCUT2D eigenvalue weighted by Gasteiger charge is 2.15. The van der Waals surface area contributed by atoms with Crippen LogP contribution in [-0.2, 0) is 16.8 Å². The second-order valence-corrected chi connectivity index (χ2v) is 7.96. The average Bonchev–Trinajstić information content (AvgIpc) is 2.80. The summed E-state index contributed by atoms with van der Waals surface area (Å²) in [5.41, 5.74) is 3.40. The van der Waals surface area contributed by atoms with Crippen molar-refractivity contribution in [2.75, 3.05) is 0 Å². The normalized spacial score (nSPS) is 12.2. The first-order chi connectivity index (χ1) is 15.5. The van der Waals surface area contributed by atoms with Crippen molar-refractivity contribution in [2.24, 2.45) is 0 Å². The summed E-state index contributed by atoms with van der Waals surface area (Å²) in [4.78, 5) is 13.4. The minimum absolute atomic E-state index is 0.0881. The van der Waals surface area contributed by atoms with Gasteiger partial charge in [0.25, 0.3) is 5.56 Å². The predicted octanol–water partition coefficient (Wildman–Crippen LogP) is 4.72. The molecule has 0 fully saturated rings. The molecule has 1 atom stereocenters. The Balaban J connectivity index is 1.82. The van der Waals surface area contributed by atoms with Gasteiger partial charge in [0.2, 0.25) is 0 Å². The Labute approximate surface area is 186 Å². The Morgan fingerprint density at radius 1 is 0.938 bits per heavy atom. The largest absolute Gasteiger partial charge is 0.772 e. The zero-order valence-corrected chi connectivity index (χ0v) is 17.7. The van der Waals surface area contributed by atoms with E-state index in [4.69, 9.17) is 0 Å². The van der Waals surface area contributed by atoms with Gasteiger partial charge in [0, 0.05) is 17.5 Å². The number of hydrogen-bond donors (Lipinski definition) is 0. The molecule has 1 heterocycles. The summed E-state index contributed by atoms with van der Waals surface area (Å²) in [6.07, 6.45) is 4.94. The monoisotopic (exact) mass is 445 g/mol. The molecule has 0 bridgehead atoms. The molecule has 0 N–H and O–H groups in total. The molecule has 0 radical (unpaired) electrons. The van der Waals surface area contributed by atoms with Crippen LogP contribution in [0.3, 0.4) is 0 Å². The molecule has 3 aromatic carbocycles. The van der Waals surface area contributed by atoms with Gasteiger partial charge in [-0.3, -0.25) is 9.00 Å². The van der Waals surface area contributed by atoms with Gasteiger partial charge in [0.05, 0.1) is 11.8 Å². The summed E-state index contributed by atoms with van der Waals surface area (Å²) in [7, 11) is 0. The molecule has 4 aromatic rings. The van der Waals surface area contributed by atoms with Crippen LogP contribution in [-0.4, -0.2) is 18.5 Å². The van der Waals surface area contributed by atoms with Gasteiger partial charge >= 0.3 is 0 Å². The van der Waals surface area contributed by atoms with Crippen molar-refractivity contribution in [1.29, 1.82) is 0 Å². The van der Waals surface area contributed by atoms with Crippen LogP contribution in [0.25, 0.3) is 34.5 Å². The standard InChI is InChI=1S/C25H19FN2O3S/c26-22-12-10-21(11-13-22)24-23(20-8-6-19(7-9-20)17-32(30)31)16-27-28(25(24)29)15-14-18-4-2-1-3-5-18/h1-16H,17H2,(H,30,31)/p-1. The first-order valence-electron chi connectivity index (χ1n) is 9.77. The molecule has 0 saturated heterocycles. The third-order valence-corrected chi connectivity index (χ3v) is 5.46. The van der Waals surface area contributed by atoms with Crippen LogP contribution in [0.15, 0.2) is 89.9 Å². The van der Waals surface area contributed by atoms with E-state index >= 15 is 0 Å². The SMILES string of the molecule is O=c1c(-c2ccc(F)cc2)c(-c2ccc(CS(=O)[O-])cc2)cnn1C=Cc1ccccc1. The molecule has 0 amide bonds. The third kappa shape index (κ3) is 4.96. The lowest BCUT2D eigenvalue weighted by atomic mass is 9.97. The van der Waals surface area contributed by atoms with Gasteiger partial charge in [-0.25, -0.2) is 9.07 Å². The van der Waals surface area contributed by atoms with Gasteiger partial charge in [-0.15, -0.1) is 0 Å². The van der Waals surface area contributed by atoms with Gasteiger partial charge < -0.3 is 4.55 Å². The quantitative estimate of drug-likeness (QED) is 0.403. The van der Waals surface area contributed by atoms with Gasteiger partial charge in [0.15, 0.2) is 0 Å². The van der Waals surface area contributed by atoms with Crippen LogP contribution >= 0.6 is 0 Å². The molecule has 1 aromatic heterocycles. The van der Waals surface area contributed by atoms with Crippen molar-refractivity contribution in [3.8, 4) is 22.3 Å². The first-order valence-corrected chi connectivity index (χ1v) is 11.0. The molecule has 1 unspecified atom stereocenters. The van der Waals surface area contributed by atoms with E-state index in [0.717, 1.165) is 5.56 Å². The van der Waals surface area contributed by atoms with Gasteiger partial charge in [-0.1, -0.05) is 77.8 Å². The van der Waals surface area contributed by atoms with E-state index < -0.39 is 16.9 Å². The molecule has 32 heavy (non-hydrogen) atoms. The van der Waals surface area contributed by atoms with E-state index in [1.165, 1.54) is 16.8 Å².